The van der Waals surface area contributed by atoms with Gasteiger partial charge in [-0.3, -0.25) is 14.9 Å². The molecule has 0 saturated carbocycles. The van der Waals surface area contributed by atoms with E-state index >= 15 is 0 Å². The molecule has 9 heteroatoms. The third kappa shape index (κ3) is 4.38. The molecule has 0 fully saturated rings. The van der Waals surface area contributed by atoms with Crippen LogP contribution in [0.15, 0.2) is 24.3 Å². The standard InChI is InChI=1S/C18H18N2O7/c1-4-26-18(23)16-10(2)15(11(3)19-16)14(21)9-27-17(22)12-5-7-13(8-6-12)20(24)25/h5-8,19H,4,9H2,1-3H3. The average molecular weight is 374 g/mol. The molecular weight excluding hydrogens is 356 g/mol. The number of Topliss-reactive ketones (excluding diaryl/α,β-unsaturated/α-hetero) is 1. The first-order valence-corrected chi connectivity index (χ1v) is 8.07. The van der Waals surface area contributed by atoms with Gasteiger partial charge < -0.3 is 14.5 Å². The molecule has 2 aromatic rings. The van der Waals surface area contributed by atoms with E-state index in [0.29, 0.717) is 11.3 Å². The number of carbonyl (C=O) groups is 3. The number of aromatic nitrogens is 1. The smallest absolute Gasteiger partial charge is 0.355 e. The molecule has 0 aliphatic rings. The van der Waals surface area contributed by atoms with E-state index in [-0.39, 0.29) is 29.1 Å². The van der Waals surface area contributed by atoms with Gasteiger partial charge in [0.25, 0.3) is 5.69 Å². The monoisotopic (exact) mass is 374 g/mol. The molecule has 0 aliphatic carbocycles. The van der Waals surface area contributed by atoms with Gasteiger partial charge in [-0.1, -0.05) is 0 Å². The van der Waals surface area contributed by atoms with Crippen LogP contribution in [-0.4, -0.2) is 40.8 Å². The molecule has 27 heavy (non-hydrogen) atoms. The Morgan fingerprint density at radius 3 is 2.26 bits per heavy atom. The summed E-state index contributed by atoms with van der Waals surface area (Å²) >= 11 is 0. The molecule has 142 valence electrons. The Hall–Kier alpha value is -3.49. The Balaban J connectivity index is 2.08. The summed E-state index contributed by atoms with van der Waals surface area (Å²) in [7, 11) is 0. The van der Waals surface area contributed by atoms with Crippen molar-refractivity contribution in [1.82, 2.24) is 4.98 Å². The highest BCUT2D eigenvalue weighted by Gasteiger charge is 2.23. The lowest BCUT2D eigenvalue weighted by Gasteiger charge is -2.05. The van der Waals surface area contributed by atoms with E-state index in [2.05, 4.69) is 4.98 Å². The summed E-state index contributed by atoms with van der Waals surface area (Å²) in [5.74, 6) is -1.83. The van der Waals surface area contributed by atoms with E-state index in [9.17, 15) is 24.5 Å². The summed E-state index contributed by atoms with van der Waals surface area (Å²) in [4.78, 5) is 49.2. The molecule has 0 saturated heterocycles. The Labute approximate surface area is 154 Å². The van der Waals surface area contributed by atoms with E-state index in [1.165, 1.54) is 24.3 Å². The van der Waals surface area contributed by atoms with Gasteiger partial charge in [0.2, 0.25) is 5.78 Å². The number of hydrogen-bond donors (Lipinski definition) is 1. The highest BCUT2D eigenvalue weighted by molar-refractivity contribution is 6.04. The van der Waals surface area contributed by atoms with Crippen LogP contribution in [0.1, 0.15) is 49.4 Å². The zero-order chi connectivity index (χ0) is 20.1. The molecular formula is C18H18N2O7. The number of ketones is 1. The van der Waals surface area contributed by atoms with Crippen molar-refractivity contribution < 1.29 is 28.8 Å². The number of esters is 2. The van der Waals surface area contributed by atoms with Crippen molar-refractivity contribution in [1.29, 1.82) is 0 Å². The van der Waals surface area contributed by atoms with Crippen LogP contribution in [0.25, 0.3) is 0 Å². The third-order valence-electron chi connectivity index (χ3n) is 3.84. The molecule has 0 aliphatic heterocycles. The van der Waals surface area contributed by atoms with Crippen molar-refractivity contribution in [2.45, 2.75) is 20.8 Å². The van der Waals surface area contributed by atoms with Gasteiger partial charge in [-0.05, 0) is 38.5 Å². The predicted octanol–water partition coefficient (Wildman–Crippen LogP) is 2.76. The Morgan fingerprint density at radius 1 is 1.07 bits per heavy atom. The molecule has 0 amide bonds. The normalized spacial score (nSPS) is 10.3. The highest BCUT2D eigenvalue weighted by atomic mass is 16.6. The Kier molecular flexibility index (Phi) is 6.07. The maximum atomic E-state index is 12.4. The van der Waals surface area contributed by atoms with Crippen LogP contribution in [0.3, 0.4) is 0 Å². The quantitative estimate of drug-likeness (QED) is 0.341. The molecule has 0 spiro atoms. The summed E-state index contributed by atoms with van der Waals surface area (Å²) < 4.78 is 9.91. The molecule has 0 bridgehead atoms. The summed E-state index contributed by atoms with van der Waals surface area (Å²) in [5, 5.41) is 10.6. The van der Waals surface area contributed by atoms with Crippen molar-refractivity contribution in [3.8, 4) is 0 Å². The molecule has 0 atom stereocenters. The van der Waals surface area contributed by atoms with Crippen LogP contribution in [0, 0.1) is 24.0 Å². The van der Waals surface area contributed by atoms with Gasteiger partial charge in [-0.25, -0.2) is 9.59 Å². The van der Waals surface area contributed by atoms with Crippen LogP contribution in [0.2, 0.25) is 0 Å². The summed E-state index contributed by atoms with van der Waals surface area (Å²) in [6.45, 7) is 4.57. The fraction of sp³-hybridized carbons (Fsp3) is 0.278. The SMILES string of the molecule is CCOC(=O)c1[nH]c(C)c(C(=O)COC(=O)c2ccc([N+](=O)[O-])cc2)c1C. The number of hydrogen-bond acceptors (Lipinski definition) is 7. The first-order valence-electron chi connectivity index (χ1n) is 8.07. The number of nitro benzene ring substituents is 1. The van der Waals surface area contributed by atoms with Crippen molar-refractivity contribution in [3.05, 3.63) is 62.5 Å². The minimum Gasteiger partial charge on any atom is -0.461 e. The van der Waals surface area contributed by atoms with Crippen molar-refractivity contribution in [3.63, 3.8) is 0 Å². The molecule has 0 unspecified atom stereocenters. The summed E-state index contributed by atoms with van der Waals surface area (Å²) in [5.41, 5.74) is 1.25. The lowest BCUT2D eigenvalue weighted by atomic mass is 10.1. The molecule has 1 aromatic carbocycles. The number of nitro groups is 1. The third-order valence-corrected chi connectivity index (χ3v) is 3.84. The molecule has 1 aromatic heterocycles. The van der Waals surface area contributed by atoms with Gasteiger partial charge in [0, 0.05) is 23.4 Å². The van der Waals surface area contributed by atoms with Gasteiger partial charge in [0.05, 0.1) is 17.1 Å². The number of H-pyrrole nitrogens is 1. The molecule has 2 rings (SSSR count). The fourth-order valence-corrected chi connectivity index (χ4v) is 2.58. The second kappa shape index (κ2) is 8.26. The van der Waals surface area contributed by atoms with Gasteiger partial charge in [0.1, 0.15) is 5.69 Å². The maximum Gasteiger partial charge on any atom is 0.355 e. The van der Waals surface area contributed by atoms with Gasteiger partial charge in [-0.2, -0.15) is 0 Å². The van der Waals surface area contributed by atoms with Gasteiger partial charge >= 0.3 is 11.9 Å². The Bertz CT molecular complexity index is 897. The van der Waals surface area contributed by atoms with Gasteiger partial charge in [-0.15, -0.1) is 0 Å². The molecule has 1 heterocycles. The highest BCUT2D eigenvalue weighted by Crippen LogP contribution is 2.20. The predicted molar refractivity (Wildman–Crippen MR) is 93.9 cm³/mol. The number of aryl methyl sites for hydroxylation is 1. The largest absolute Gasteiger partial charge is 0.461 e. The zero-order valence-electron chi connectivity index (χ0n) is 15.0. The lowest BCUT2D eigenvalue weighted by molar-refractivity contribution is -0.384. The van der Waals surface area contributed by atoms with Crippen molar-refractivity contribution >= 4 is 23.4 Å². The topological polar surface area (TPSA) is 129 Å². The molecule has 1 N–H and O–H groups in total. The second-order valence-corrected chi connectivity index (χ2v) is 5.65. The number of benzene rings is 1. The van der Waals surface area contributed by atoms with E-state index in [1.807, 2.05) is 0 Å². The second-order valence-electron chi connectivity index (χ2n) is 5.65. The summed E-state index contributed by atoms with van der Waals surface area (Å²) in [6, 6.07) is 4.84. The van der Waals surface area contributed by atoms with E-state index in [1.54, 1.807) is 20.8 Å². The van der Waals surface area contributed by atoms with Crippen LogP contribution >= 0.6 is 0 Å². The van der Waals surface area contributed by atoms with Crippen molar-refractivity contribution in [2.75, 3.05) is 13.2 Å². The minimum absolute atomic E-state index is 0.0862. The minimum atomic E-state index is -0.783. The van der Waals surface area contributed by atoms with Crippen LogP contribution in [-0.2, 0) is 9.47 Å². The number of rotatable bonds is 7. The van der Waals surface area contributed by atoms with Gasteiger partial charge in [0.15, 0.2) is 6.61 Å². The molecule has 0 radical (unpaired) electrons. The average Bonchev–Trinajstić information content (AvgIpc) is 2.94. The number of nitrogens with zero attached hydrogens (tertiary/aromatic N) is 1. The first-order chi connectivity index (χ1) is 12.8. The molecule has 9 nitrogen and oxygen atoms in total. The zero-order valence-corrected chi connectivity index (χ0v) is 15.0. The first kappa shape index (κ1) is 19.8. The lowest BCUT2D eigenvalue weighted by Crippen LogP contribution is -2.15. The Morgan fingerprint density at radius 2 is 1.70 bits per heavy atom. The summed E-state index contributed by atoms with van der Waals surface area (Å²) in [6.07, 6.45) is 0. The number of non-ortho nitro benzene ring substituents is 1. The van der Waals surface area contributed by atoms with Crippen LogP contribution in [0.5, 0.6) is 0 Å². The van der Waals surface area contributed by atoms with Crippen LogP contribution in [0.4, 0.5) is 5.69 Å². The van der Waals surface area contributed by atoms with Crippen LogP contribution < -0.4 is 0 Å². The van der Waals surface area contributed by atoms with E-state index in [4.69, 9.17) is 9.47 Å². The van der Waals surface area contributed by atoms with Crippen molar-refractivity contribution in [2.24, 2.45) is 0 Å². The number of nitrogens with one attached hydrogen (secondary N) is 1. The maximum absolute atomic E-state index is 12.4. The number of aromatic amines is 1. The number of carbonyl (C=O) groups excluding carboxylic acids is 3. The van der Waals surface area contributed by atoms with E-state index in [0.717, 1.165) is 0 Å². The van der Waals surface area contributed by atoms with E-state index < -0.39 is 29.3 Å². The number of ether oxygens (including phenoxy) is 2. The fourth-order valence-electron chi connectivity index (χ4n) is 2.58.